The third-order valence-corrected chi connectivity index (χ3v) is 3.04. The lowest BCUT2D eigenvalue weighted by Crippen LogP contribution is -2.29. The fourth-order valence-electron chi connectivity index (χ4n) is 1.44. The molecule has 0 fully saturated rings. The van der Waals surface area contributed by atoms with E-state index >= 15 is 0 Å². The highest BCUT2D eigenvalue weighted by molar-refractivity contribution is 5.75. The van der Waals surface area contributed by atoms with E-state index in [4.69, 9.17) is 49.4 Å². The lowest BCUT2D eigenvalue weighted by atomic mass is 10.1. The van der Waals surface area contributed by atoms with Crippen molar-refractivity contribution < 1.29 is 29.6 Å². The first-order chi connectivity index (χ1) is 14.0. The fraction of sp³-hybridized carbons (Fsp3) is 0.778. The van der Waals surface area contributed by atoms with Crippen LogP contribution in [0.3, 0.4) is 0 Å². The molecule has 2 atom stereocenters. The topological polar surface area (TPSA) is 296 Å². The maximum atomic E-state index is 10.3. The minimum atomic E-state index is -0.971. The van der Waals surface area contributed by atoms with Gasteiger partial charge in [-0.3, -0.25) is 20.0 Å². The number of carboxylic acids is 2. The van der Waals surface area contributed by atoms with Crippen LogP contribution in [-0.4, -0.2) is 78.6 Å². The molecule has 2 unspecified atom stereocenters. The highest BCUT2D eigenvalue weighted by Crippen LogP contribution is 1.99. The van der Waals surface area contributed by atoms with Crippen molar-refractivity contribution in [3.63, 3.8) is 0 Å². The Balaban J connectivity index is -0.0000000794. The highest BCUT2D eigenvalue weighted by atomic mass is 16.5. The Morgan fingerprint density at radius 2 is 1.25 bits per heavy atom. The molecule has 14 heteroatoms. The standard InChI is InChI=1S/C7H16N4O2.C6H14N2O2.C2H6N2O.CH4O.2CH4/c8-5(6(12)13)3-1-2-4-11-7(9)10;7-4-2-1-3-5(8)6(9)10;1-5-2(3)4;1-2;;/h5H,1-4,8H2,(H,12,13)(H4,9,10,11);5H,1-4,7-8H2,(H,9,10);1H3,(H3,3,4);2H,1H3;2*1H4. The van der Waals surface area contributed by atoms with Gasteiger partial charge in [0.25, 0.3) is 6.02 Å². The molecule has 0 aliphatic heterocycles. The molecule has 0 aliphatic carbocycles. The quantitative estimate of drug-likeness (QED) is 0.0960. The average molecular weight is 473 g/mol. The number of carbonyl (C=O) groups is 2. The molecule has 0 rings (SSSR count). The van der Waals surface area contributed by atoms with Crippen molar-refractivity contribution in [3.8, 4) is 0 Å². The summed E-state index contributed by atoms with van der Waals surface area (Å²) < 4.78 is 4.11. The Hall–Kier alpha value is -2.68. The average Bonchev–Trinajstić information content (AvgIpc) is 2.69. The third-order valence-electron chi connectivity index (χ3n) is 3.04. The molecule has 0 aromatic heterocycles. The van der Waals surface area contributed by atoms with Crippen molar-refractivity contribution >= 4 is 23.9 Å². The predicted octanol–water partition coefficient (Wildman–Crippen LogP) is -1.22. The van der Waals surface area contributed by atoms with Gasteiger partial charge in [0, 0.05) is 13.7 Å². The molecule has 0 saturated carbocycles. The molecular formula is C18H48N8O6. The first-order valence-corrected chi connectivity index (χ1v) is 9.04. The second kappa shape index (κ2) is 33.0. The zero-order chi connectivity index (χ0) is 24.5. The number of amidine groups is 1. The van der Waals surface area contributed by atoms with Crippen LogP contribution in [0.4, 0.5) is 0 Å². The van der Waals surface area contributed by atoms with E-state index in [9.17, 15) is 9.59 Å². The molecular weight excluding hydrogens is 424 g/mol. The normalized spacial score (nSPS) is 10.2. The van der Waals surface area contributed by atoms with E-state index < -0.39 is 24.0 Å². The van der Waals surface area contributed by atoms with Gasteiger partial charge >= 0.3 is 11.9 Å². The van der Waals surface area contributed by atoms with Crippen LogP contribution in [0.2, 0.25) is 0 Å². The van der Waals surface area contributed by atoms with Crippen molar-refractivity contribution in [2.45, 2.75) is 65.5 Å². The van der Waals surface area contributed by atoms with E-state index in [1.165, 1.54) is 7.11 Å². The maximum Gasteiger partial charge on any atom is 0.320 e. The molecule has 0 saturated heterocycles. The molecule has 16 N–H and O–H groups in total. The van der Waals surface area contributed by atoms with Gasteiger partial charge in [-0.2, -0.15) is 0 Å². The summed E-state index contributed by atoms with van der Waals surface area (Å²) in [6, 6.07) is -1.74. The Morgan fingerprint density at radius 1 is 0.906 bits per heavy atom. The molecule has 0 radical (unpaired) electrons. The molecule has 0 aromatic rings. The number of carboxylic acid groups (broad SMARTS) is 2. The minimum absolute atomic E-state index is 0. The van der Waals surface area contributed by atoms with Crippen molar-refractivity contribution in [1.82, 2.24) is 0 Å². The second-order valence-corrected chi connectivity index (χ2v) is 5.54. The number of guanidine groups is 1. The van der Waals surface area contributed by atoms with Gasteiger partial charge < -0.3 is 54.5 Å². The van der Waals surface area contributed by atoms with Gasteiger partial charge in [-0.05, 0) is 38.6 Å². The summed E-state index contributed by atoms with van der Waals surface area (Å²) in [5, 5.41) is 30.1. The second-order valence-electron chi connectivity index (χ2n) is 5.54. The van der Waals surface area contributed by atoms with Crippen LogP contribution in [0.5, 0.6) is 0 Å². The monoisotopic (exact) mass is 472 g/mol. The van der Waals surface area contributed by atoms with Gasteiger partial charge in [-0.15, -0.1) is 0 Å². The van der Waals surface area contributed by atoms with Crippen LogP contribution in [0.15, 0.2) is 4.99 Å². The Kier molecular flexibility index (Phi) is 44.6. The predicted molar refractivity (Wildman–Crippen MR) is 129 cm³/mol. The number of nitrogens with one attached hydrogen (secondary N) is 1. The Morgan fingerprint density at radius 3 is 1.50 bits per heavy atom. The minimum Gasteiger partial charge on any atom is -0.480 e. The Bertz CT molecular complexity index is 463. The number of nitrogens with zero attached hydrogens (tertiary/aromatic N) is 1. The number of aliphatic hydroxyl groups excluding tert-OH is 1. The van der Waals surface area contributed by atoms with Crippen LogP contribution in [-0.2, 0) is 14.3 Å². The summed E-state index contributed by atoms with van der Waals surface area (Å²) in [5.41, 5.74) is 30.5. The van der Waals surface area contributed by atoms with Gasteiger partial charge in [0.15, 0.2) is 5.96 Å². The first-order valence-electron chi connectivity index (χ1n) is 9.04. The summed E-state index contributed by atoms with van der Waals surface area (Å²) >= 11 is 0. The number of aliphatic imine (C=N–C) groups is 1. The van der Waals surface area contributed by atoms with Crippen LogP contribution in [0.1, 0.15) is 53.4 Å². The molecule has 0 aliphatic rings. The van der Waals surface area contributed by atoms with Crippen LogP contribution in [0.25, 0.3) is 0 Å². The molecule has 0 bridgehead atoms. The molecule has 14 nitrogen and oxygen atoms in total. The molecule has 196 valence electrons. The van der Waals surface area contributed by atoms with Crippen LogP contribution in [0, 0.1) is 5.41 Å². The van der Waals surface area contributed by atoms with E-state index in [-0.39, 0.29) is 26.8 Å². The number of aliphatic carboxylic acids is 2. The number of ether oxygens (including phenoxy) is 1. The molecule has 0 aromatic carbocycles. The summed E-state index contributed by atoms with van der Waals surface area (Å²) in [7, 11) is 2.35. The van der Waals surface area contributed by atoms with Gasteiger partial charge in [-0.25, -0.2) is 0 Å². The van der Waals surface area contributed by atoms with E-state index in [0.717, 1.165) is 26.4 Å². The van der Waals surface area contributed by atoms with Gasteiger partial charge in [0.05, 0.1) is 7.11 Å². The smallest absolute Gasteiger partial charge is 0.320 e. The number of methoxy groups -OCH3 is 1. The largest absolute Gasteiger partial charge is 0.480 e. The van der Waals surface area contributed by atoms with E-state index in [1.54, 1.807) is 0 Å². The lowest BCUT2D eigenvalue weighted by molar-refractivity contribution is -0.139. The third kappa shape index (κ3) is 45.8. The number of hydrogen-bond acceptors (Lipinski definition) is 9. The fourth-order valence-corrected chi connectivity index (χ4v) is 1.44. The molecule has 0 amide bonds. The van der Waals surface area contributed by atoms with E-state index in [0.29, 0.717) is 32.4 Å². The first kappa shape index (κ1) is 43.2. The number of unbranched alkanes of at least 4 members (excludes halogenated alkanes) is 2. The van der Waals surface area contributed by atoms with E-state index in [2.05, 4.69) is 15.5 Å². The van der Waals surface area contributed by atoms with Crippen molar-refractivity contribution in [2.24, 2.45) is 39.4 Å². The lowest BCUT2D eigenvalue weighted by Gasteiger charge is -2.04. The van der Waals surface area contributed by atoms with Crippen molar-refractivity contribution in [1.29, 1.82) is 5.41 Å². The summed E-state index contributed by atoms with van der Waals surface area (Å²) in [6.45, 7) is 1.13. The van der Waals surface area contributed by atoms with Crippen molar-refractivity contribution in [3.05, 3.63) is 0 Å². The number of nitrogens with two attached hydrogens (primary N) is 6. The summed E-state index contributed by atoms with van der Waals surface area (Å²) in [4.78, 5) is 24.2. The van der Waals surface area contributed by atoms with Gasteiger partial charge in [-0.1, -0.05) is 21.3 Å². The van der Waals surface area contributed by atoms with Gasteiger partial charge in [0.2, 0.25) is 0 Å². The maximum absolute atomic E-state index is 10.3. The SMILES string of the molecule is C.C.CO.COC(=N)N.NC(N)=NCCCCC(N)C(=O)O.NCCCCC(N)C(=O)O. The molecule has 0 spiro atoms. The Labute approximate surface area is 191 Å². The molecule has 0 heterocycles. The molecule has 32 heavy (non-hydrogen) atoms. The highest BCUT2D eigenvalue weighted by Gasteiger charge is 2.10. The zero-order valence-electron chi connectivity index (χ0n) is 17.8. The van der Waals surface area contributed by atoms with Gasteiger partial charge in [0.1, 0.15) is 12.1 Å². The zero-order valence-corrected chi connectivity index (χ0v) is 17.8. The number of hydrogen-bond donors (Lipinski definition) is 10. The van der Waals surface area contributed by atoms with E-state index in [1.807, 2.05) is 0 Å². The van der Waals surface area contributed by atoms with Crippen molar-refractivity contribution in [2.75, 3.05) is 27.3 Å². The summed E-state index contributed by atoms with van der Waals surface area (Å²) in [5.74, 6) is -1.85. The van der Waals surface area contributed by atoms with Crippen LogP contribution >= 0.6 is 0 Å². The summed E-state index contributed by atoms with van der Waals surface area (Å²) in [6.07, 6.45) is 4.08. The number of rotatable bonds is 11. The van der Waals surface area contributed by atoms with Crippen LogP contribution < -0.4 is 34.4 Å². The number of aliphatic hydroxyl groups is 1.